The number of amides is 2. The Kier molecular flexibility index (Phi) is 6.24. The molecular weight excluding hydrogens is 378 g/mol. The summed E-state index contributed by atoms with van der Waals surface area (Å²) in [5, 5.41) is 12.9. The number of carbonyl (C=O) groups excluding carboxylic acids is 2. The van der Waals surface area contributed by atoms with Gasteiger partial charge in [0, 0.05) is 36.3 Å². The number of hydrogen-bond donors (Lipinski definition) is 1. The van der Waals surface area contributed by atoms with E-state index in [1.807, 2.05) is 24.3 Å². The molecule has 2 aliphatic rings. The molecular formula is C23H27N5O2. The number of nitriles is 1. The van der Waals surface area contributed by atoms with Crippen molar-refractivity contribution in [3.63, 3.8) is 0 Å². The molecule has 3 heterocycles. The van der Waals surface area contributed by atoms with E-state index in [1.54, 1.807) is 6.20 Å². The van der Waals surface area contributed by atoms with Gasteiger partial charge in [0.25, 0.3) is 0 Å². The Bertz CT molecular complexity index is 969. The monoisotopic (exact) mass is 405 g/mol. The maximum absolute atomic E-state index is 12.6. The van der Waals surface area contributed by atoms with Crippen molar-refractivity contribution in [1.29, 1.82) is 5.26 Å². The molecule has 2 fully saturated rings. The molecule has 0 atom stereocenters. The second-order valence-electron chi connectivity index (χ2n) is 8.15. The quantitative estimate of drug-likeness (QED) is 0.840. The fraction of sp³-hybridized carbons (Fsp3) is 0.478. The molecule has 1 aromatic carbocycles. The molecule has 2 saturated heterocycles. The minimum absolute atomic E-state index is 0.144. The average molecular weight is 406 g/mol. The van der Waals surface area contributed by atoms with Gasteiger partial charge >= 0.3 is 0 Å². The summed E-state index contributed by atoms with van der Waals surface area (Å²) in [7, 11) is 0. The smallest absolute Gasteiger partial charge is 0.240 e. The lowest BCUT2D eigenvalue weighted by atomic mass is 9.95. The van der Waals surface area contributed by atoms with Gasteiger partial charge in [0.05, 0.1) is 17.6 Å². The number of rotatable bonds is 4. The molecule has 7 heteroatoms. The molecule has 0 aliphatic carbocycles. The van der Waals surface area contributed by atoms with E-state index in [1.165, 1.54) is 6.42 Å². The Morgan fingerprint density at radius 1 is 1.10 bits per heavy atom. The first-order valence-electron chi connectivity index (χ1n) is 10.7. The third-order valence-corrected chi connectivity index (χ3v) is 6.15. The highest BCUT2D eigenvalue weighted by atomic mass is 16.2. The van der Waals surface area contributed by atoms with Crippen molar-refractivity contribution in [2.45, 2.75) is 32.1 Å². The van der Waals surface area contributed by atoms with Crippen LogP contribution < -0.4 is 10.2 Å². The average Bonchev–Trinajstić information content (AvgIpc) is 2.79. The Morgan fingerprint density at radius 2 is 1.87 bits per heavy atom. The van der Waals surface area contributed by atoms with Crippen molar-refractivity contribution >= 4 is 28.4 Å². The molecule has 4 rings (SSSR count). The predicted molar refractivity (Wildman–Crippen MR) is 115 cm³/mol. The van der Waals surface area contributed by atoms with Crippen molar-refractivity contribution in [1.82, 2.24) is 15.2 Å². The van der Waals surface area contributed by atoms with Gasteiger partial charge in [-0.2, -0.15) is 5.26 Å². The second kappa shape index (κ2) is 9.23. The molecule has 0 radical (unpaired) electrons. The number of piperidine rings is 2. The predicted octanol–water partition coefficient (Wildman–Crippen LogP) is 2.45. The summed E-state index contributed by atoms with van der Waals surface area (Å²) >= 11 is 0. The zero-order valence-corrected chi connectivity index (χ0v) is 17.1. The van der Waals surface area contributed by atoms with Crippen molar-refractivity contribution in [3.8, 4) is 6.07 Å². The van der Waals surface area contributed by atoms with Gasteiger partial charge in [0.2, 0.25) is 11.8 Å². The number of nitrogens with one attached hydrogen (secondary N) is 1. The Morgan fingerprint density at radius 3 is 2.60 bits per heavy atom. The van der Waals surface area contributed by atoms with E-state index in [0.29, 0.717) is 30.5 Å². The van der Waals surface area contributed by atoms with Gasteiger partial charge < -0.3 is 4.90 Å². The van der Waals surface area contributed by atoms with Crippen LogP contribution in [0.4, 0.5) is 5.69 Å². The first-order chi connectivity index (χ1) is 14.7. The second-order valence-corrected chi connectivity index (χ2v) is 8.15. The van der Waals surface area contributed by atoms with Crippen LogP contribution in [0.2, 0.25) is 0 Å². The molecule has 7 nitrogen and oxygen atoms in total. The number of fused-ring (bicyclic) bond motifs is 1. The summed E-state index contributed by atoms with van der Waals surface area (Å²) < 4.78 is 0. The molecule has 2 amide bonds. The maximum Gasteiger partial charge on any atom is 0.240 e. The standard InChI is InChI=1S/C23H27N5O2/c24-15-18-6-7-20(19-5-4-10-25-22(18)19)28-13-8-17(9-14-28)23(30)26-21(29)16-27-11-2-1-3-12-27/h4-7,10,17H,1-3,8-9,11-14,16H2,(H,26,29,30). The maximum atomic E-state index is 12.6. The van der Waals surface area contributed by atoms with Gasteiger partial charge in [-0.1, -0.05) is 6.42 Å². The molecule has 0 bridgehead atoms. The SMILES string of the molecule is N#Cc1ccc(N2CCC(C(=O)NC(=O)CN3CCCCC3)CC2)c2cccnc12. The number of nitrogens with zero attached hydrogens (tertiary/aromatic N) is 4. The summed E-state index contributed by atoms with van der Waals surface area (Å²) in [6, 6.07) is 9.83. The summed E-state index contributed by atoms with van der Waals surface area (Å²) in [6.45, 7) is 3.65. The molecule has 156 valence electrons. The topological polar surface area (TPSA) is 89.3 Å². The summed E-state index contributed by atoms with van der Waals surface area (Å²) in [5.41, 5.74) is 2.31. The van der Waals surface area contributed by atoms with Crippen LogP contribution in [-0.2, 0) is 9.59 Å². The largest absolute Gasteiger partial charge is 0.371 e. The van der Waals surface area contributed by atoms with Crippen LogP contribution in [-0.4, -0.2) is 54.4 Å². The molecule has 0 spiro atoms. The molecule has 1 aromatic heterocycles. The number of pyridine rings is 1. The first kappa shape index (κ1) is 20.3. The Balaban J connectivity index is 1.35. The lowest BCUT2D eigenvalue weighted by molar-refractivity contribution is -0.133. The summed E-state index contributed by atoms with van der Waals surface area (Å²) in [4.78, 5) is 33.6. The highest BCUT2D eigenvalue weighted by molar-refractivity contribution is 5.98. The highest BCUT2D eigenvalue weighted by Gasteiger charge is 2.27. The van der Waals surface area contributed by atoms with Gasteiger partial charge in [-0.15, -0.1) is 0 Å². The number of benzene rings is 1. The summed E-state index contributed by atoms with van der Waals surface area (Å²) in [6.07, 6.45) is 6.57. The van der Waals surface area contributed by atoms with Crippen LogP contribution in [0.3, 0.4) is 0 Å². The van der Waals surface area contributed by atoms with Crippen LogP contribution in [0.25, 0.3) is 10.9 Å². The van der Waals surface area contributed by atoms with Gasteiger partial charge in [0.1, 0.15) is 6.07 Å². The Labute approximate surface area is 176 Å². The Hall–Kier alpha value is -2.98. The lowest BCUT2D eigenvalue weighted by Gasteiger charge is -2.33. The summed E-state index contributed by atoms with van der Waals surface area (Å²) in [5.74, 6) is -0.481. The molecule has 30 heavy (non-hydrogen) atoms. The van der Waals surface area contributed by atoms with E-state index >= 15 is 0 Å². The van der Waals surface area contributed by atoms with E-state index in [2.05, 4.69) is 26.2 Å². The number of hydrogen-bond acceptors (Lipinski definition) is 6. The van der Waals surface area contributed by atoms with Gasteiger partial charge in [-0.25, -0.2) is 0 Å². The van der Waals surface area contributed by atoms with Crippen LogP contribution in [0.1, 0.15) is 37.7 Å². The normalized spacial score (nSPS) is 18.2. The number of carbonyl (C=O) groups is 2. The number of aromatic nitrogens is 1. The fourth-order valence-corrected chi connectivity index (χ4v) is 4.51. The molecule has 0 saturated carbocycles. The molecule has 2 aromatic rings. The first-order valence-corrected chi connectivity index (χ1v) is 10.7. The van der Waals surface area contributed by atoms with Crippen molar-refractivity contribution in [2.75, 3.05) is 37.6 Å². The van der Waals surface area contributed by atoms with Crippen LogP contribution in [0.5, 0.6) is 0 Å². The third kappa shape index (κ3) is 4.44. The van der Waals surface area contributed by atoms with Gasteiger partial charge in [-0.3, -0.25) is 24.8 Å². The number of likely N-dealkylation sites (tertiary alicyclic amines) is 1. The van der Waals surface area contributed by atoms with E-state index in [0.717, 1.165) is 50.1 Å². The minimum atomic E-state index is -0.187. The fourth-order valence-electron chi connectivity index (χ4n) is 4.51. The van der Waals surface area contributed by atoms with Crippen LogP contribution in [0.15, 0.2) is 30.5 Å². The number of imide groups is 1. The van der Waals surface area contributed by atoms with Gasteiger partial charge in [-0.05, 0) is 63.0 Å². The molecule has 0 unspecified atom stereocenters. The van der Waals surface area contributed by atoms with E-state index < -0.39 is 0 Å². The van der Waals surface area contributed by atoms with Crippen molar-refractivity contribution in [3.05, 3.63) is 36.0 Å². The number of anilines is 1. The van der Waals surface area contributed by atoms with E-state index in [-0.39, 0.29) is 17.7 Å². The van der Waals surface area contributed by atoms with Gasteiger partial charge in [0.15, 0.2) is 0 Å². The lowest BCUT2D eigenvalue weighted by Crippen LogP contribution is -2.46. The molecule has 2 aliphatic heterocycles. The van der Waals surface area contributed by atoms with Crippen LogP contribution in [0, 0.1) is 17.2 Å². The van der Waals surface area contributed by atoms with Crippen molar-refractivity contribution < 1.29 is 9.59 Å². The van der Waals surface area contributed by atoms with Crippen molar-refractivity contribution in [2.24, 2.45) is 5.92 Å². The van der Waals surface area contributed by atoms with Crippen LogP contribution >= 0.6 is 0 Å². The van der Waals surface area contributed by atoms with E-state index in [9.17, 15) is 14.9 Å². The third-order valence-electron chi connectivity index (χ3n) is 6.15. The highest BCUT2D eigenvalue weighted by Crippen LogP contribution is 2.31. The minimum Gasteiger partial charge on any atom is -0.371 e. The zero-order chi connectivity index (χ0) is 20.9. The molecule has 1 N–H and O–H groups in total. The zero-order valence-electron chi connectivity index (χ0n) is 17.1. The van der Waals surface area contributed by atoms with E-state index in [4.69, 9.17) is 0 Å².